The van der Waals surface area contributed by atoms with Gasteiger partial charge in [-0.2, -0.15) is 0 Å². The minimum Gasteiger partial charge on any atom is -0.341 e. The highest BCUT2D eigenvalue weighted by Crippen LogP contribution is 2.20. The first-order valence-corrected chi connectivity index (χ1v) is 5.90. The molecule has 0 spiro atoms. The molecule has 1 aromatic rings. The Hall–Kier alpha value is -1.45. The van der Waals surface area contributed by atoms with E-state index in [9.17, 15) is 10.1 Å². The molecule has 18 heavy (non-hydrogen) atoms. The van der Waals surface area contributed by atoms with Crippen LogP contribution < -0.4 is 0 Å². The first-order chi connectivity index (χ1) is 9.77. The zero-order chi connectivity index (χ0) is 15.6. The first kappa shape index (κ1) is 9.48. The summed E-state index contributed by atoms with van der Waals surface area (Å²) >= 11 is 6.90. The molecule has 8 nitrogen and oxygen atoms in total. The van der Waals surface area contributed by atoms with Crippen molar-refractivity contribution in [3.8, 4) is 0 Å². The largest absolute Gasteiger partial charge is 0.341 e. The van der Waals surface area contributed by atoms with Gasteiger partial charge in [0.05, 0.1) is 6.54 Å². The fourth-order valence-corrected chi connectivity index (χ4v) is 2.37. The number of nitro groups is 1. The quantitative estimate of drug-likeness (QED) is 0.611. The molecule has 0 aromatic carbocycles. The van der Waals surface area contributed by atoms with Gasteiger partial charge in [0, 0.05) is 22.2 Å². The third-order valence-electron chi connectivity index (χ3n) is 2.03. The monoisotopic (exact) mass is 294 g/mol. The standard InChI is InChI=1S/C8H10ClN5O3S/c1-12-4-17-5-13(8(12)11-14(15)16)3-6-2-10-7(9)18-6/h2H,3-5H2,1H3/b11-8-/i1D3. The van der Waals surface area contributed by atoms with E-state index in [1.54, 1.807) is 0 Å². The number of aromatic nitrogens is 1. The van der Waals surface area contributed by atoms with Gasteiger partial charge in [-0.3, -0.25) is 0 Å². The highest BCUT2D eigenvalue weighted by atomic mass is 35.5. The van der Waals surface area contributed by atoms with Crippen LogP contribution >= 0.6 is 22.9 Å². The maximum Gasteiger partial charge on any atom is 0.277 e. The van der Waals surface area contributed by atoms with Crippen molar-refractivity contribution < 1.29 is 13.9 Å². The highest BCUT2D eigenvalue weighted by molar-refractivity contribution is 7.15. The molecule has 2 heterocycles. The van der Waals surface area contributed by atoms with Gasteiger partial charge in [-0.15, -0.1) is 11.3 Å². The molecule has 1 aliphatic heterocycles. The summed E-state index contributed by atoms with van der Waals surface area (Å²) < 4.78 is 27.7. The molecule has 0 saturated carbocycles. The fraction of sp³-hybridized carbons (Fsp3) is 0.500. The van der Waals surface area contributed by atoms with Gasteiger partial charge in [0.2, 0.25) is 0 Å². The lowest BCUT2D eigenvalue weighted by Crippen LogP contribution is -2.49. The number of hydrogen-bond donors (Lipinski definition) is 0. The van der Waals surface area contributed by atoms with Crippen molar-refractivity contribution in [3.05, 3.63) is 25.7 Å². The molecule has 1 aliphatic rings. The average Bonchev–Trinajstić information content (AvgIpc) is 2.75. The molecule has 10 heteroatoms. The summed E-state index contributed by atoms with van der Waals surface area (Å²) in [4.78, 5) is 17.3. The van der Waals surface area contributed by atoms with Crippen LogP contribution in [0, 0.1) is 10.1 Å². The van der Waals surface area contributed by atoms with Crippen molar-refractivity contribution >= 4 is 28.9 Å². The third-order valence-corrected chi connectivity index (χ3v) is 3.13. The van der Waals surface area contributed by atoms with E-state index in [1.165, 1.54) is 22.4 Å². The van der Waals surface area contributed by atoms with E-state index in [2.05, 4.69) is 10.1 Å². The topological polar surface area (TPSA) is 84.1 Å². The lowest BCUT2D eigenvalue weighted by atomic mass is 10.5. The molecule has 0 radical (unpaired) electrons. The summed E-state index contributed by atoms with van der Waals surface area (Å²) in [6, 6.07) is 0. The van der Waals surface area contributed by atoms with Gasteiger partial charge >= 0.3 is 0 Å². The summed E-state index contributed by atoms with van der Waals surface area (Å²) in [6.07, 6.45) is 1.51. The van der Waals surface area contributed by atoms with E-state index in [4.69, 9.17) is 20.5 Å². The third kappa shape index (κ3) is 3.06. The molecule has 1 fully saturated rings. The molecule has 2 rings (SSSR count). The lowest BCUT2D eigenvalue weighted by Gasteiger charge is -2.34. The van der Waals surface area contributed by atoms with Gasteiger partial charge in [0.25, 0.3) is 5.96 Å². The predicted octanol–water partition coefficient (Wildman–Crippen LogP) is 1.02. The normalized spacial score (nSPS) is 21.6. The zero-order valence-corrected chi connectivity index (χ0v) is 10.5. The predicted molar refractivity (Wildman–Crippen MR) is 65.7 cm³/mol. The number of nitrogens with zero attached hydrogens (tertiary/aromatic N) is 5. The number of thiazole rings is 1. The Bertz CT molecular complexity index is 566. The first-order valence-electron chi connectivity index (χ1n) is 6.21. The molecular formula is C8H10ClN5O3S. The van der Waals surface area contributed by atoms with E-state index in [0.29, 0.717) is 9.34 Å². The summed E-state index contributed by atoms with van der Waals surface area (Å²) in [6.45, 7) is -2.76. The van der Waals surface area contributed by atoms with Crippen LogP contribution in [0.5, 0.6) is 0 Å². The van der Waals surface area contributed by atoms with Crippen LogP contribution in [-0.2, 0) is 11.3 Å². The number of guanidine groups is 1. The Morgan fingerprint density at radius 2 is 2.67 bits per heavy atom. The van der Waals surface area contributed by atoms with Gasteiger partial charge in [-0.1, -0.05) is 11.6 Å². The molecule has 1 aromatic heterocycles. The number of hydrogen-bond acceptors (Lipinski definition) is 5. The highest BCUT2D eigenvalue weighted by Gasteiger charge is 2.25. The number of hydrazone groups is 1. The molecule has 1 saturated heterocycles. The van der Waals surface area contributed by atoms with Crippen molar-refractivity contribution in [2.45, 2.75) is 6.54 Å². The van der Waals surface area contributed by atoms with E-state index in [0.717, 1.165) is 4.90 Å². The molecule has 0 bridgehead atoms. The van der Waals surface area contributed by atoms with Crippen LogP contribution in [0.15, 0.2) is 11.3 Å². The molecule has 0 N–H and O–H groups in total. The van der Waals surface area contributed by atoms with E-state index in [-0.39, 0.29) is 26.0 Å². The minimum absolute atomic E-state index is 0.0191. The van der Waals surface area contributed by atoms with Crippen LogP contribution in [0.2, 0.25) is 4.47 Å². The summed E-state index contributed by atoms with van der Waals surface area (Å²) in [5.74, 6) is -0.282. The van der Waals surface area contributed by atoms with Crippen molar-refractivity contribution in [1.29, 1.82) is 0 Å². The smallest absolute Gasteiger partial charge is 0.277 e. The van der Waals surface area contributed by atoms with Crippen LogP contribution in [-0.4, -0.2) is 46.2 Å². The van der Waals surface area contributed by atoms with Gasteiger partial charge < -0.3 is 14.5 Å². The van der Waals surface area contributed by atoms with E-state index < -0.39 is 12.0 Å². The lowest BCUT2D eigenvalue weighted by molar-refractivity contribution is -0.486. The van der Waals surface area contributed by atoms with Gasteiger partial charge in [-0.05, 0) is 0 Å². The molecule has 0 aliphatic carbocycles. The Morgan fingerprint density at radius 1 is 1.83 bits per heavy atom. The van der Waals surface area contributed by atoms with Gasteiger partial charge in [-0.25, -0.2) is 15.1 Å². The Balaban J connectivity index is 2.27. The van der Waals surface area contributed by atoms with Crippen molar-refractivity contribution in [2.75, 3.05) is 20.4 Å². The van der Waals surface area contributed by atoms with Crippen LogP contribution in [0.4, 0.5) is 0 Å². The second-order valence-corrected chi connectivity index (χ2v) is 5.00. The summed E-state index contributed by atoms with van der Waals surface area (Å²) in [5, 5.41) is 12.9. The molecule has 0 unspecified atom stereocenters. The Morgan fingerprint density at radius 3 is 3.28 bits per heavy atom. The Kier molecular flexibility index (Phi) is 2.88. The van der Waals surface area contributed by atoms with Crippen molar-refractivity contribution in [3.63, 3.8) is 0 Å². The van der Waals surface area contributed by atoms with E-state index >= 15 is 0 Å². The maximum absolute atomic E-state index is 10.7. The number of ether oxygens (including phenoxy) is 1. The van der Waals surface area contributed by atoms with Crippen LogP contribution in [0.1, 0.15) is 8.99 Å². The fourth-order valence-electron chi connectivity index (χ4n) is 1.38. The van der Waals surface area contributed by atoms with Crippen molar-refractivity contribution in [2.24, 2.45) is 5.10 Å². The molecule has 98 valence electrons. The number of halogens is 1. The maximum atomic E-state index is 10.7. The summed E-state index contributed by atoms with van der Waals surface area (Å²) in [7, 11) is 0. The average molecular weight is 295 g/mol. The summed E-state index contributed by atoms with van der Waals surface area (Å²) in [5.41, 5.74) is 0. The van der Waals surface area contributed by atoms with Crippen LogP contribution in [0.3, 0.4) is 0 Å². The minimum atomic E-state index is -2.60. The van der Waals surface area contributed by atoms with Crippen molar-refractivity contribution in [1.82, 2.24) is 14.8 Å². The SMILES string of the molecule is [2H]C([2H])([2H])N1COCN(Cc2cnc(Cl)s2)/C1=N\[N+](=O)[O-]. The molecule has 0 atom stereocenters. The second-order valence-electron chi connectivity index (χ2n) is 3.31. The zero-order valence-electron chi connectivity index (χ0n) is 11.9. The molecule has 0 amide bonds. The number of rotatable bonds is 3. The second kappa shape index (κ2) is 5.46. The van der Waals surface area contributed by atoms with E-state index in [1.807, 2.05) is 0 Å². The van der Waals surface area contributed by atoms with Gasteiger partial charge in [0.15, 0.2) is 9.50 Å². The van der Waals surface area contributed by atoms with Crippen LogP contribution in [0.25, 0.3) is 0 Å². The van der Waals surface area contributed by atoms with Gasteiger partial charge in [0.1, 0.15) is 18.6 Å². The molecular weight excluding hydrogens is 282 g/mol. The Labute approximate surface area is 116 Å².